The summed E-state index contributed by atoms with van der Waals surface area (Å²) in [6.07, 6.45) is 6.69. The van der Waals surface area contributed by atoms with Gasteiger partial charge in [0.15, 0.2) is 5.82 Å². The van der Waals surface area contributed by atoms with Crippen LogP contribution < -0.4 is 10.2 Å². The molecule has 1 aliphatic rings. The molecule has 4 heteroatoms. The summed E-state index contributed by atoms with van der Waals surface area (Å²) >= 11 is 0. The van der Waals surface area contributed by atoms with Crippen molar-refractivity contribution in [2.45, 2.75) is 38.0 Å². The average Bonchev–Trinajstić information content (AvgIpc) is 2.90. The molecule has 3 aromatic carbocycles. The second kappa shape index (κ2) is 10.3. The monoisotopic (exact) mass is 450 g/mol. The van der Waals surface area contributed by atoms with E-state index in [2.05, 4.69) is 97.1 Å². The fourth-order valence-corrected chi connectivity index (χ4v) is 5.25. The molecule has 1 aromatic heterocycles. The lowest BCUT2D eigenvalue weighted by atomic mass is 9.77. The Labute approximate surface area is 203 Å². The number of nitrogens with zero attached hydrogens (tertiary/aromatic N) is 3. The fraction of sp³-hybridized carbons (Fsp3) is 0.333. The highest BCUT2D eigenvalue weighted by atomic mass is 15.1. The highest BCUT2D eigenvalue weighted by Crippen LogP contribution is 2.36. The van der Waals surface area contributed by atoms with Gasteiger partial charge < -0.3 is 10.2 Å². The lowest BCUT2D eigenvalue weighted by Crippen LogP contribution is -2.23. The van der Waals surface area contributed by atoms with Crippen LogP contribution in [0.5, 0.6) is 0 Å². The largest absolute Gasteiger partial charge is 0.378 e. The molecule has 1 N–H and O–H groups in total. The van der Waals surface area contributed by atoms with Gasteiger partial charge in [-0.15, -0.1) is 0 Å². The predicted octanol–water partition coefficient (Wildman–Crippen LogP) is 7.14. The van der Waals surface area contributed by atoms with Crippen LogP contribution >= 0.6 is 0 Å². The van der Waals surface area contributed by atoms with Crippen LogP contribution in [0.15, 0.2) is 78.9 Å². The van der Waals surface area contributed by atoms with Gasteiger partial charge in [-0.3, -0.25) is 0 Å². The van der Waals surface area contributed by atoms with E-state index in [1.54, 1.807) is 0 Å². The molecule has 4 aromatic rings. The molecular formula is C30H34N4. The zero-order valence-corrected chi connectivity index (χ0v) is 20.2. The maximum atomic E-state index is 5.02. The molecule has 0 aliphatic heterocycles. The molecule has 0 saturated heterocycles. The molecule has 34 heavy (non-hydrogen) atoms. The Balaban J connectivity index is 1.47. The van der Waals surface area contributed by atoms with Gasteiger partial charge in [-0.25, -0.2) is 9.97 Å². The van der Waals surface area contributed by atoms with E-state index in [0.29, 0.717) is 5.92 Å². The van der Waals surface area contributed by atoms with Gasteiger partial charge in [0.1, 0.15) is 5.82 Å². The topological polar surface area (TPSA) is 41.1 Å². The van der Waals surface area contributed by atoms with E-state index in [1.807, 2.05) is 6.07 Å². The van der Waals surface area contributed by atoms with Crippen LogP contribution in [0, 0.1) is 5.92 Å². The smallest absolute Gasteiger partial charge is 0.162 e. The van der Waals surface area contributed by atoms with Gasteiger partial charge >= 0.3 is 0 Å². The van der Waals surface area contributed by atoms with E-state index in [0.717, 1.165) is 40.6 Å². The maximum Gasteiger partial charge on any atom is 0.162 e. The first-order valence-electron chi connectivity index (χ1n) is 12.5. The average molecular weight is 451 g/mol. The fourth-order valence-electron chi connectivity index (χ4n) is 5.25. The van der Waals surface area contributed by atoms with Crippen molar-refractivity contribution in [2.24, 2.45) is 5.92 Å². The van der Waals surface area contributed by atoms with Gasteiger partial charge in [-0.1, -0.05) is 61.7 Å². The third kappa shape index (κ3) is 4.91. The summed E-state index contributed by atoms with van der Waals surface area (Å²) in [6, 6.07) is 27.8. The lowest BCUT2D eigenvalue weighted by Gasteiger charge is -2.31. The number of rotatable bonds is 7. The minimum atomic E-state index is 0.484. The van der Waals surface area contributed by atoms with E-state index in [1.165, 1.54) is 43.4 Å². The van der Waals surface area contributed by atoms with Crippen molar-refractivity contribution in [3.63, 3.8) is 0 Å². The van der Waals surface area contributed by atoms with Crippen molar-refractivity contribution in [2.75, 3.05) is 30.9 Å². The third-order valence-corrected chi connectivity index (χ3v) is 7.18. The summed E-state index contributed by atoms with van der Waals surface area (Å²) in [7, 11) is 4.11. The molecule has 5 rings (SSSR count). The molecule has 1 fully saturated rings. The van der Waals surface area contributed by atoms with Crippen LogP contribution in [-0.4, -0.2) is 30.6 Å². The van der Waals surface area contributed by atoms with Gasteiger partial charge in [0.25, 0.3) is 0 Å². The number of nitrogens with one attached hydrogen (secondary N) is 1. The first-order valence-corrected chi connectivity index (χ1v) is 12.5. The van der Waals surface area contributed by atoms with Crippen LogP contribution in [-0.2, 0) is 0 Å². The van der Waals surface area contributed by atoms with Crippen LogP contribution in [0.25, 0.3) is 22.3 Å². The Bertz CT molecular complexity index is 1210. The van der Waals surface area contributed by atoms with Crippen molar-refractivity contribution in [1.82, 2.24) is 9.97 Å². The lowest BCUT2D eigenvalue weighted by molar-refractivity contribution is 0.311. The first kappa shape index (κ1) is 22.4. The van der Waals surface area contributed by atoms with E-state index in [-0.39, 0.29) is 0 Å². The minimum Gasteiger partial charge on any atom is -0.378 e. The molecular weight excluding hydrogens is 416 g/mol. The Kier molecular flexibility index (Phi) is 6.75. The minimum absolute atomic E-state index is 0.484. The van der Waals surface area contributed by atoms with Crippen molar-refractivity contribution < 1.29 is 0 Å². The summed E-state index contributed by atoms with van der Waals surface area (Å²) in [5.74, 6) is 2.89. The van der Waals surface area contributed by atoms with Crippen molar-refractivity contribution in [3.05, 3.63) is 84.4 Å². The molecule has 0 spiro atoms. The number of hydrogen-bond acceptors (Lipinski definition) is 4. The highest BCUT2D eigenvalue weighted by Gasteiger charge is 2.25. The van der Waals surface area contributed by atoms with Crippen LogP contribution in [0.2, 0.25) is 0 Å². The molecule has 0 amide bonds. The van der Waals surface area contributed by atoms with Crippen LogP contribution in [0.3, 0.4) is 0 Å². The number of fused-ring (bicyclic) bond motifs is 1. The van der Waals surface area contributed by atoms with Crippen molar-refractivity contribution in [1.29, 1.82) is 0 Å². The van der Waals surface area contributed by atoms with Gasteiger partial charge in [-0.2, -0.15) is 0 Å². The number of anilines is 2. The number of benzene rings is 3. The Hall–Kier alpha value is -3.40. The SMILES string of the molecule is CN(C)c1ccc(-c2nc(NCC(c3ccccc3)C3CCCCC3)c3ccccc3n2)cc1. The van der Waals surface area contributed by atoms with Gasteiger partial charge in [-0.05, 0) is 60.7 Å². The molecule has 174 valence electrons. The van der Waals surface area contributed by atoms with E-state index in [4.69, 9.17) is 9.97 Å². The first-order chi connectivity index (χ1) is 16.7. The molecule has 1 aliphatic carbocycles. The van der Waals surface area contributed by atoms with E-state index in [9.17, 15) is 0 Å². The maximum absolute atomic E-state index is 5.02. The highest BCUT2D eigenvalue weighted by molar-refractivity contribution is 5.90. The molecule has 1 unspecified atom stereocenters. The van der Waals surface area contributed by atoms with Crippen molar-refractivity contribution >= 4 is 22.4 Å². The zero-order chi connectivity index (χ0) is 23.3. The molecule has 0 bridgehead atoms. The molecule has 0 radical (unpaired) electrons. The molecule has 1 atom stereocenters. The second-order valence-electron chi connectivity index (χ2n) is 9.65. The Morgan fingerprint density at radius 2 is 1.53 bits per heavy atom. The molecule has 1 heterocycles. The summed E-state index contributed by atoms with van der Waals surface area (Å²) in [5.41, 5.74) is 4.60. The molecule has 4 nitrogen and oxygen atoms in total. The van der Waals surface area contributed by atoms with Gasteiger partial charge in [0, 0.05) is 43.2 Å². The predicted molar refractivity (Wildman–Crippen MR) is 144 cm³/mol. The third-order valence-electron chi connectivity index (χ3n) is 7.18. The van der Waals surface area contributed by atoms with Crippen LogP contribution in [0.1, 0.15) is 43.6 Å². The summed E-state index contributed by atoms with van der Waals surface area (Å²) < 4.78 is 0. The molecule has 1 saturated carbocycles. The standard InChI is InChI=1S/C30H34N4/c1-34(2)25-19-17-24(18-20-25)29-32-28-16-10-9-15-26(28)30(33-29)31-21-27(22-11-5-3-6-12-22)23-13-7-4-8-14-23/h3,5-6,9-12,15-20,23,27H,4,7-8,13-14,21H2,1-2H3,(H,31,32,33). The zero-order valence-electron chi connectivity index (χ0n) is 20.2. The Morgan fingerprint density at radius 1 is 0.824 bits per heavy atom. The number of aromatic nitrogens is 2. The van der Waals surface area contributed by atoms with Crippen molar-refractivity contribution in [3.8, 4) is 11.4 Å². The van der Waals surface area contributed by atoms with E-state index < -0.39 is 0 Å². The number of para-hydroxylation sites is 1. The summed E-state index contributed by atoms with van der Waals surface area (Å²) in [6.45, 7) is 0.884. The summed E-state index contributed by atoms with van der Waals surface area (Å²) in [4.78, 5) is 12.0. The number of hydrogen-bond donors (Lipinski definition) is 1. The quantitative estimate of drug-likeness (QED) is 0.325. The second-order valence-corrected chi connectivity index (χ2v) is 9.65. The van der Waals surface area contributed by atoms with Crippen LogP contribution in [0.4, 0.5) is 11.5 Å². The van der Waals surface area contributed by atoms with E-state index >= 15 is 0 Å². The van der Waals surface area contributed by atoms with Gasteiger partial charge in [0.05, 0.1) is 5.52 Å². The normalized spacial score (nSPS) is 15.2. The van der Waals surface area contributed by atoms with Gasteiger partial charge in [0.2, 0.25) is 0 Å². The summed E-state index contributed by atoms with van der Waals surface area (Å²) in [5, 5.41) is 4.84. The Morgan fingerprint density at radius 3 is 2.26 bits per heavy atom.